The number of nitrogens with zero attached hydrogens (tertiary/aromatic N) is 2. The molecule has 0 spiro atoms. The molecule has 1 aliphatic carbocycles. The number of rotatable bonds is 13. The van der Waals surface area contributed by atoms with Gasteiger partial charge in [0.25, 0.3) is 0 Å². The van der Waals surface area contributed by atoms with Crippen LogP contribution in [0.5, 0.6) is 0 Å². The van der Waals surface area contributed by atoms with Crippen LogP contribution in [0, 0.1) is 13.8 Å². The maximum absolute atomic E-state index is 3.93. The monoisotopic (exact) mass is 651 g/mol. The Labute approximate surface area is 270 Å². The molecule has 0 N–H and O–H groups in total. The predicted molar refractivity (Wildman–Crippen MR) is 191 cm³/mol. The molecule has 1 aromatic heterocycles. The second-order valence-corrected chi connectivity index (χ2v) is 14.2. The normalized spacial score (nSPS) is 14.3. The van der Waals surface area contributed by atoms with Crippen LogP contribution < -0.4 is 0 Å². The smallest absolute Gasteiger partial charge is 0.134 e. The maximum Gasteiger partial charge on any atom is 0.134 e. The number of unbranched alkanes of at least 4 members (excludes halogenated alkanes) is 1. The summed E-state index contributed by atoms with van der Waals surface area (Å²) in [5.74, 6) is 0. The molecule has 4 heteroatoms. The van der Waals surface area contributed by atoms with Crippen LogP contribution >= 0.6 is 27.3 Å². The topological polar surface area (TPSA) is 3.24 Å². The zero-order valence-corrected chi connectivity index (χ0v) is 28.3. The number of aryl methyl sites for hydroxylation is 2. The Balaban J connectivity index is 1.23. The van der Waals surface area contributed by atoms with Gasteiger partial charge >= 0.3 is 0 Å². The SMILES string of the molecule is CC[N+](CBr)(CCCCN(Cc1ccc2ccccc2c1)C(=C1CC1)c1cc2ccccc2s1)Cc1cc(C)cc(C)c1. The van der Waals surface area contributed by atoms with Gasteiger partial charge in [-0.3, -0.25) is 0 Å². The molecule has 1 saturated carbocycles. The number of halogens is 1. The van der Waals surface area contributed by atoms with Crippen LogP contribution in [-0.4, -0.2) is 34.5 Å². The zero-order chi connectivity index (χ0) is 29.8. The first-order valence-corrected chi connectivity index (χ1v) is 17.8. The van der Waals surface area contributed by atoms with Gasteiger partial charge in [-0.05, 0) is 108 Å². The van der Waals surface area contributed by atoms with E-state index in [0.717, 1.165) is 36.1 Å². The van der Waals surface area contributed by atoms with Crippen molar-refractivity contribution in [2.45, 2.75) is 59.5 Å². The van der Waals surface area contributed by atoms with Crippen molar-refractivity contribution in [2.24, 2.45) is 0 Å². The second kappa shape index (κ2) is 13.4. The number of hydrogen-bond donors (Lipinski definition) is 0. The van der Waals surface area contributed by atoms with Crippen LogP contribution in [-0.2, 0) is 13.1 Å². The molecule has 1 fully saturated rings. The fourth-order valence-corrected chi connectivity index (χ4v) is 8.58. The summed E-state index contributed by atoms with van der Waals surface area (Å²) < 4.78 is 2.47. The summed E-state index contributed by atoms with van der Waals surface area (Å²) in [5.41, 5.74) is 9.71. The Bertz CT molecular complexity index is 1690. The molecule has 5 aromatic rings. The van der Waals surface area contributed by atoms with Crippen molar-refractivity contribution in [2.75, 3.05) is 25.1 Å². The quantitative estimate of drug-likeness (QED) is 0.0530. The number of allylic oxidation sites excluding steroid dienone is 1. The lowest BCUT2D eigenvalue weighted by molar-refractivity contribution is -0.926. The molecule has 1 aliphatic rings. The number of quaternary nitrogens is 1. The average Bonchev–Trinajstić information content (AvgIpc) is 3.75. The van der Waals surface area contributed by atoms with Gasteiger partial charge in [0.15, 0.2) is 0 Å². The third-order valence-corrected chi connectivity index (χ3v) is 11.2. The van der Waals surface area contributed by atoms with Gasteiger partial charge in [0.2, 0.25) is 0 Å². The summed E-state index contributed by atoms with van der Waals surface area (Å²) in [5, 5.41) is 4.01. The van der Waals surface area contributed by atoms with Gasteiger partial charge in [-0.2, -0.15) is 0 Å². The predicted octanol–water partition coefficient (Wildman–Crippen LogP) is 10.8. The van der Waals surface area contributed by atoms with Gasteiger partial charge in [-0.15, -0.1) is 11.3 Å². The van der Waals surface area contributed by atoms with Crippen LogP contribution in [0.2, 0.25) is 0 Å². The molecular formula is C39H44BrN2S+. The molecule has 4 aromatic carbocycles. The van der Waals surface area contributed by atoms with Crippen LogP contribution in [0.3, 0.4) is 0 Å². The van der Waals surface area contributed by atoms with Crippen molar-refractivity contribution in [3.63, 3.8) is 0 Å². The minimum Gasteiger partial charge on any atom is -0.366 e. The van der Waals surface area contributed by atoms with Gasteiger partial charge in [-0.1, -0.05) is 83.9 Å². The highest BCUT2D eigenvalue weighted by Crippen LogP contribution is 2.43. The van der Waals surface area contributed by atoms with Gasteiger partial charge in [-0.25, -0.2) is 0 Å². The molecule has 1 heterocycles. The van der Waals surface area contributed by atoms with Crippen LogP contribution in [0.15, 0.2) is 96.6 Å². The summed E-state index contributed by atoms with van der Waals surface area (Å²) >= 11 is 5.89. The second-order valence-electron chi connectivity index (χ2n) is 12.6. The third kappa shape index (κ3) is 7.25. The van der Waals surface area contributed by atoms with Crippen molar-refractivity contribution in [3.05, 3.63) is 124 Å². The van der Waals surface area contributed by atoms with E-state index in [2.05, 4.69) is 133 Å². The Morgan fingerprint density at radius 2 is 1.51 bits per heavy atom. The van der Waals surface area contributed by atoms with Crippen LogP contribution in [0.4, 0.5) is 0 Å². The number of hydrogen-bond acceptors (Lipinski definition) is 2. The summed E-state index contributed by atoms with van der Waals surface area (Å²) in [6, 6.07) is 34.1. The van der Waals surface area contributed by atoms with Gasteiger partial charge in [0, 0.05) is 23.4 Å². The lowest BCUT2D eigenvalue weighted by atomic mass is 10.1. The third-order valence-electron chi connectivity index (χ3n) is 9.03. The average molecular weight is 653 g/mol. The van der Waals surface area contributed by atoms with Gasteiger partial charge < -0.3 is 9.38 Å². The van der Waals surface area contributed by atoms with E-state index in [1.807, 2.05) is 11.3 Å². The first-order valence-electron chi connectivity index (χ1n) is 15.9. The zero-order valence-electron chi connectivity index (χ0n) is 25.9. The highest BCUT2D eigenvalue weighted by Gasteiger charge is 2.27. The highest BCUT2D eigenvalue weighted by atomic mass is 79.9. The molecule has 1 atom stereocenters. The Kier molecular flexibility index (Phi) is 9.37. The van der Waals surface area contributed by atoms with E-state index in [-0.39, 0.29) is 0 Å². The molecule has 0 amide bonds. The molecule has 222 valence electrons. The lowest BCUT2D eigenvalue weighted by Gasteiger charge is -2.37. The van der Waals surface area contributed by atoms with Gasteiger partial charge in [0.1, 0.15) is 12.0 Å². The molecule has 1 unspecified atom stereocenters. The first kappa shape index (κ1) is 30.1. The van der Waals surface area contributed by atoms with E-state index < -0.39 is 0 Å². The van der Waals surface area contributed by atoms with Gasteiger partial charge in [0.05, 0.1) is 23.7 Å². The minimum atomic E-state index is 0.951. The van der Waals surface area contributed by atoms with Crippen LogP contribution in [0.25, 0.3) is 26.6 Å². The van der Waals surface area contributed by atoms with Crippen molar-refractivity contribution < 1.29 is 4.48 Å². The van der Waals surface area contributed by atoms with Crippen molar-refractivity contribution >= 4 is 53.8 Å². The molecule has 43 heavy (non-hydrogen) atoms. The van der Waals surface area contributed by atoms with E-state index in [0.29, 0.717) is 0 Å². The molecule has 0 radical (unpaired) electrons. The fourth-order valence-electron chi connectivity index (χ4n) is 6.61. The largest absolute Gasteiger partial charge is 0.366 e. The molecule has 0 bridgehead atoms. The Morgan fingerprint density at radius 3 is 2.21 bits per heavy atom. The number of fused-ring (bicyclic) bond motifs is 2. The first-order chi connectivity index (χ1) is 20.9. The standard InChI is InChI=1S/C39H44BrN2S/c1-4-42(28-40,27-32-22-29(2)21-30(3)23-32)20-10-9-19-41(26-31-15-16-33-11-5-6-12-35(33)24-31)39(34-17-18-34)38-25-36-13-7-8-14-37(36)43-38/h5-8,11-16,21-25H,4,9-10,17-20,26-28H2,1-3H3/q+1. The van der Waals surface area contributed by atoms with Crippen LogP contribution in [0.1, 0.15) is 59.7 Å². The summed E-state index contributed by atoms with van der Waals surface area (Å²) in [4.78, 5) is 4.15. The summed E-state index contributed by atoms with van der Waals surface area (Å²) in [7, 11) is 0. The molecule has 6 rings (SSSR count). The molecule has 2 nitrogen and oxygen atoms in total. The fraction of sp³-hybridized carbons (Fsp3) is 0.333. The van der Waals surface area contributed by atoms with Crippen molar-refractivity contribution in [3.8, 4) is 0 Å². The van der Waals surface area contributed by atoms with E-state index in [1.54, 1.807) is 5.57 Å². The van der Waals surface area contributed by atoms with E-state index in [1.165, 1.54) is 85.9 Å². The molecule has 0 aliphatic heterocycles. The lowest BCUT2D eigenvalue weighted by Crippen LogP contribution is -2.46. The number of alkyl halides is 1. The van der Waals surface area contributed by atoms with Crippen molar-refractivity contribution in [1.82, 2.24) is 4.90 Å². The number of benzene rings is 4. The minimum absolute atomic E-state index is 0.951. The summed E-state index contributed by atoms with van der Waals surface area (Å²) in [6.45, 7) is 12.2. The van der Waals surface area contributed by atoms with Crippen molar-refractivity contribution in [1.29, 1.82) is 0 Å². The maximum atomic E-state index is 3.93. The van der Waals surface area contributed by atoms with E-state index >= 15 is 0 Å². The Morgan fingerprint density at radius 1 is 0.791 bits per heavy atom. The highest BCUT2D eigenvalue weighted by molar-refractivity contribution is 9.09. The molecule has 0 saturated heterocycles. The van der Waals surface area contributed by atoms with E-state index in [4.69, 9.17) is 0 Å². The number of thiophene rings is 1. The Hall–Kier alpha value is -2.92. The summed E-state index contributed by atoms with van der Waals surface area (Å²) in [6.07, 6.45) is 4.86. The van der Waals surface area contributed by atoms with E-state index in [9.17, 15) is 0 Å². The molecular weight excluding hydrogens is 608 g/mol.